The largest absolute Gasteiger partial charge is 0.469 e. The molecule has 5 nitrogen and oxygen atoms in total. The molecule has 5 heteroatoms. The molecule has 152 valence electrons. The lowest BCUT2D eigenvalue weighted by atomic mass is 9.73. The van der Waals surface area contributed by atoms with Crippen molar-refractivity contribution in [2.24, 2.45) is 22.7 Å². The third kappa shape index (κ3) is 4.00. The van der Waals surface area contributed by atoms with Gasteiger partial charge < -0.3 is 14.4 Å². The molecule has 28 heavy (non-hydrogen) atoms. The molecule has 1 aromatic carbocycles. The molecule has 0 spiro atoms. The number of esters is 1. The van der Waals surface area contributed by atoms with Crippen LogP contribution in [0.5, 0.6) is 0 Å². The molecule has 4 rings (SSSR count). The van der Waals surface area contributed by atoms with Crippen molar-refractivity contribution in [2.45, 2.75) is 45.3 Å². The fourth-order valence-electron chi connectivity index (χ4n) is 4.33. The van der Waals surface area contributed by atoms with Crippen molar-refractivity contribution in [3.05, 3.63) is 48.0 Å². The number of carbonyl (C=O) groups excluding carboxylic acids is 1. The van der Waals surface area contributed by atoms with Crippen LogP contribution in [0.4, 0.5) is 0 Å². The van der Waals surface area contributed by atoms with Gasteiger partial charge in [0.2, 0.25) is 0 Å². The Balaban J connectivity index is 2.06. The summed E-state index contributed by atoms with van der Waals surface area (Å²) in [5.41, 5.74) is 1.07. The highest BCUT2D eigenvalue weighted by Crippen LogP contribution is 2.40. The average molecular weight is 385 g/mol. The normalized spacial score (nSPS) is 27.9. The number of nitrogens with zero attached hydrogens (tertiary/aromatic N) is 2. The smallest absolute Gasteiger partial charge is 0.311 e. The highest BCUT2D eigenvalue weighted by molar-refractivity contribution is 6.00. The number of aliphatic imine (C=N–C) groups is 1. The van der Waals surface area contributed by atoms with Crippen molar-refractivity contribution in [1.82, 2.24) is 4.90 Å². The molecule has 1 saturated heterocycles. The maximum atomic E-state index is 12.5. The number of carbonyl (C=O) groups is 1. The van der Waals surface area contributed by atoms with Crippen molar-refractivity contribution in [2.75, 3.05) is 20.8 Å². The van der Waals surface area contributed by atoms with Crippen molar-refractivity contribution in [3.63, 3.8) is 0 Å². The minimum Gasteiger partial charge on any atom is -0.469 e. The van der Waals surface area contributed by atoms with Crippen LogP contribution in [0, 0.1) is 17.8 Å². The van der Waals surface area contributed by atoms with E-state index >= 15 is 0 Å². The first-order valence-electron chi connectivity index (χ1n) is 10.1. The monoisotopic (exact) mass is 384 g/mol. The van der Waals surface area contributed by atoms with Crippen LogP contribution in [0.1, 0.15) is 32.8 Å². The van der Waals surface area contributed by atoms with Crippen molar-refractivity contribution < 1.29 is 14.3 Å². The molecule has 3 aliphatic rings. The van der Waals surface area contributed by atoms with E-state index in [1.807, 2.05) is 18.2 Å². The highest BCUT2D eigenvalue weighted by atomic mass is 16.5. The Hall–Kier alpha value is -2.14. The summed E-state index contributed by atoms with van der Waals surface area (Å²) in [6, 6.07) is 10.5. The first kappa shape index (κ1) is 20.6. The fourth-order valence-corrected chi connectivity index (χ4v) is 4.33. The maximum absolute atomic E-state index is 12.5. The molecule has 0 saturated carbocycles. The lowest BCUT2D eigenvalue weighted by Crippen LogP contribution is -2.60. The van der Waals surface area contributed by atoms with Gasteiger partial charge in [-0.05, 0) is 25.2 Å². The zero-order valence-electron chi connectivity index (χ0n) is 17.5. The molecule has 1 aromatic rings. The van der Waals surface area contributed by atoms with E-state index in [2.05, 4.69) is 50.0 Å². The predicted octanol–water partition coefficient (Wildman–Crippen LogP) is 3.54. The van der Waals surface area contributed by atoms with Crippen LogP contribution in [0.2, 0.25) is 0 Å². The zero-order chi connectivity index (χ0) is 20.3. The Morgan fingerprint density at radius 2 is 1.93 bits per heavy atom. The zero-order valence-corrected chi connectivity index (χ0v) is 17.5. The molecule has 2 bridgehead atoms. The van der Waals surface area contributed by atoms with Crippen LogP contribution in [0.25, 0.3) is 0 Å². The first-order chi connectivity index (χ1) is 13.5. The second-order valence-corrected chi connectivity index (χ2v) is 8.14. The van der Waals surface area contributed by atoms with Gasteiger partial charge in [0, 0.05) is 18.7 Å². The van der Waals surface area contributed by atoms with E-state index in [1.54, 1.807) is 7.11 Å². The lowest BCUT2D eigenvalue weighted by Gasteiger charge is -2.51. The third-order valence-corrected chi connectivity index (χ3v) is 6.05. The lowest BCUT2D eigenvalue weighted by molar-refractivity contribution is -0.149. The molecule has 0 amide bonds. The van der Waals surface area contributed by atoms with E-state index in [0.717, 1.165) is 17.8 Å². The van der Waals surface area contributed by atoms with E-state index in [4.69, 9.17) is 14.5 Å². The summed E-state index contributed by atoms with van der Waals surface area (Å²) in [7, 11) is 3.19. The molecular weight excluding hydrogens is 352 g/mol. The van der Waals surface area contributed by atoms with Gasteiger partial charge in [-0.3, -0.25) is 9.79 Å². The molecular formula is C23H32N2O3. The minimum absolute atomic E-state index is 0.0400. The Bertz CT molecular complexity index is 729. The average Bonchev–Trinajstić information content (AvgIpc) is 2.72. The standard InChI is InChI=1S/C23H32N2O3/c1-15(2)20(14-27-4)24-22(17-9-7-6-8-10-17)25-16(3)18-11-12-21(25)19(13-18)23(26)28-5/h6-12,15-16,18-21H,13-14H2,1-5H3/t16?,18?,19?,20-,21?/m1/s1. The van der Waals surface area contributed by atoms with Gasteiger partial charge in [-0.25, -0.2) is 0 Å². The molecule has 2 aliphatic heterocycles. The van der Waals surface area contributed by atoms with Crippen LogP contribution in [-0.2, 0) is 14.3 Å². The van der Waals surface area contributed by atoms with Crippen molar-refractivity contribution >= 4 is 11.8 Å². The number of piperidine rings is 1. The van der Waals surface area contributed by atoms with Gasteiger partial charge in [0.1, 0.15) is 5.84 Å². The van der Waals surface area contributed by atoms with Gasteiger partial charge in [0.15, 0.2) is 0 Å². The van der Waals surface area contributed by atoms with Gasteiger partial charge in [0.05, 0.1) is 31.7 Å². The number of benzene rings is 1. The van der Waals surface area contributed by atoms with E-state index in [0.29, 0.717) is 18.4 Å². The van der Waals surface area contributed by atoms with Gasteiger partial charge in [0.25, 0.3) is 0 Å². The first-order valence-corrected chi connectivity index (χ1v) is 10.1. The number of rotatable bonds is 6. The highest BCUT2D eigenvalue weighted by Gasteiger charge is 2.47. The van der Waals surface area contributed by atoms with Crippen LogP contribution in [0.15, 0.2) is 47.5 Å². The van der Waals surface area contributed by atoms with E-state index in [1.165, 1.54) is 7.11 Å². The molecule has 1 aliphatic carbocycles. The van der Waals surface area contributed by atoms with Crippen molar-refractivity contribution in [3.8, 4) is 0 Å². The molecule has 2 heterocycles. The SMILES string of the molecule is COC[C@@H](N=C(c1ccccc1)N1C(C)C2C=CC1C(C(=O)OC)C2)C(C)C. The number of hydrogen-bond acceptors (Lipinski definition) is 4. The summed E-state index contributed by atoms with van der Waals surface area (Å²) >= 11 is 0. The molecule has 0 N–H and O–H groups in total. The molecule has 0 aromatic heterocycles. The molecule has 1 fully saturated rings. The van der Waals surface area contributed by atoms with Crippen LogP contribution < -0.4 is 0 Å². The quantitative estimate of drug-likeness (QED) is 0.326. The van der Waals surface area contributed by atoms with Crippen LogP contribution in [0.3, 0.4) is 0 Å². The van der Waals surface area contributed by atoms with Crippen molar-refractivity contribution in [1.29, 1.82) is 0 Å². The number of methoxy groups -OCH3 is 2. The molecule has 5 atom stereocenters. The number of ether oxygens (including phenoxy) is 2. The number of fused-ring (bicyclic) bond motifs is 2. The number of amidine groups is 1. The van der Waals surface area contributed by atoms with Gasteiger partial charge in [-0.15, -0.1) is 0 Å². The second-order valence-electron chi connectivity index (χ2n) is 8.14. The Morgan fingerprint density at radius 3 is 2.54 bits per heavy atom. The van der Waals surface area contributed by atoms with Crippen LogP contribution >= 0.6 is 0 Å². The Labute approximate surface area is 168 Å². The van der Waals surface area contributed by atoms with E-state index in [9.17, 15) is 4.79 Å². The molecule has 4 unspecified atom stereocenters. The summed E-state index contributed by atoms with van der Waals surface area (Å²) < 4.78 is 10.6. The van der Waals surface area contributed by atoms with Gasteiger partial charge >= 0.3 is 5.97 Å². The van der Waals surface area contributed by atoms with Gasteiger partial charge in [-0.2, -0.15) is 0 Å². The number of hydrogen-bond donors (Lipinski definition) is 0. The summed E-state index contributed by atoms with van der Waals surface area (Å²) in [5, 5.41) is 0. The fraction of sp³-hybridized carbons (Fsp3) is 0.565. The topological polar surface area (TPSA) is 51.1 Å². The van der Waals surface area contributed by atoms with Crippen LogP contribution in [-0.4, -0.2) is 55.7 Å². The Kier molecular flexibility index (Phi) is 6.55. The minimum atomic E-state index is -0.162. The summed E-state index contributed by atoms with van der Waals surface area (Å²) in [6.07, 6.45) is 5.25. The summed E-state index contributed by atoms with van der Waals surface area (Å²) in [5.74, 6) is 1.30. The third-order valence-electron chi connectivity index (χ3n) is 6.05. The summed E-state index contributed by atoms with van der Waals surface area (Å²) in [6.45, 7) is 7.13. The van der Waals surface area contributed by atoms with E-state index < -0.39 is 0 Å². The Morgan fingerprint density at radius 1 is 1.21 bits per heavy atom. The summed E-state index contributed by atoms with van der Waals surface area (Å²) in [4.78, 5) is 20.0. The second kappa shape index (κ2) is 8.91. The maximum Gasteiger partial charge on any atom is 0.311 e. The van der Waals surface area contributed by atoms with E-state index in [-0.39, 0.29) is 30.0 Å². The molecule has 0 radical (unpaired) electrons. The predicted molar refractivity (Wildman–Crippen MR) is 111 cm³/mol. The van der Waals surface area contributed by atoms with Gasteiger partial charge in [-0.1, -0.05) is 56.3 Å².